The molecule has 0 atom stereocenters. The van der Waals surface area contributed by atoms with Crippen LogP contribution in [0.2, 0.25) is 5.02 Å². The van der Waals surface area contributed by atoms with Gasteiger partial charge < -0.3 is 9.55 Å². The van der Waals surface area contributed by atoms with Crippen LogP contribution in [-0.4, -0.2) is 20.6 Å². The Morgan fingerprint density at radius 2 is 2.18 bits per heavy atom. The first-order valence-electron chi connectivity index (χ1n) is 5.36. The highest BCUT2D eigenvalue weighted by molar-refractivity contribution is 7.99. The van der Waals surface area contributed by atoms with Crippen molar-refractivity contribution >= 4 is 46.6 Å². The van der Waals surface area contributed by atoms with Crippen LogP contribution in [0, 0.1) is 4.77 Å². The van der Waals surface area contributed by atoms with Crippen molar-refractivity contribution in [3.63, 3.8) is 0 Å². The predicted octanol–water partition coefficient (Wildman–Crippen LogP) is 4.49. The summed E-state index contributed by atoms with van der Waals surface area (Å²) in [5.74, 6) is 0. The zero-order valence-corrected chi connectivity index (χ0v) is 12.5. The summed E-state index contributed by atoms with van der Waals surface area (Å²) in [4.78, 5) is 3.21. The molecule has 5 heteroatoms. The number of nitrogens with one attached hydrogen (secondary N) is 1. The van der Waals surface area contributed by atoms with Crippen LogP contribution in [0.4, 0.5) is 0 Å². The fourth-order valence-corrected chi connectivity index (χ4v) is 2.43. The number of aromatic nitrogens is 2. The first-order chi connectivity index (χ1) is 7.93. The maximum Gasteiger partial charge on any atom is 0.178 e. The van der Waals surface area contributed by atoms with Gasteiger partial charge in [-0.3, -0.25) is 0 Å². The summed E-state index contributed by atoms with van der Waals surface area (Å²) >= 11 is 13.2. The van der Waals surface area contributed by atoms with E-state index in [2.05, 4.69) is 29.7 Å². The number of nitrogens with zero attached hydrogens (tertiary/aromatic N) is 1. The van der Waals surface area contributed by atoms with Crippen LogP contribution in [-0.2, 0) is 6.54 Å². The van der Waals surface area contributed by atoms with E-state index in [1.165, 1.54) is 0 Å². The van der Waals surface area contributed by atoms with Crippen molar-refractivity contribution in [1.29, 1.82) is 0 Å². The number of hydrogen-bond donors (Lipinski definition) is 1. The lowest BCUT2D eigenvalue weighted by atomic mass is 10.2. The Balaban J connectivity index is 2.56. The summed E-state index contributed by atoms with van der Waals surface area (Å²) in [5.41, 5.74) is 2.11. The summed E-state index contributed by atoms with van der Waals surface area (Å²) < 4.78 is 3.02. The van der Waals surface area contributed by atoms with Gasteiger partial charge in [-0.1, -0.05) is 11.6 Å². The average molecular weight is 287 g/mol. The zero-order valence-electron chi connectivity index (χ0n) is 10.1. The van der Waals surface area contributed by atoms with Crippen molar-refractivity contribution < 1.29 is 0 Å². The summed E-state index contributed by atoms with van der Waals surface area (Å²) in [5, 5.41) is 0.738. The number of H-pyrrole nitrogens is 1. The molecular formula is C12H15ClN2S2. The number of rotatable bonds is 3. The van der Waals surface area contributed by atoms with E-state index in [4.69, 9.17) is 23.8 Å². The van der Waals surface area contributed by atoms with Crippen molar-refractivity contribution in [2.45, 2.75) is 25.1 Å². The van der Waals surface area contributed by atoms with Gasteiger partial charge >= 0.3 is 0 Å². The van der Waals surface area contributed by atoms with Gasteiger partial charge in [-0.25, -0.2) is 0 Å². The standard InChI is InChI=1S/C12H15ClN2S2/c1-12(2,17-3)7-15-10-6-8(13)4-5-9(10)14-11(15)16/h4-6H,7H2,1-3H3,(H,14,16). The largest absolute Gasteiger partial charge is 0.331 e. The molecule has 0 saturated carbocycles. The van der Waals surface area contributed by atoms with Crippen LogP contribution < -0.4 is 0 Å². The number of benzene rings is 1. The van der Waals surface area contributed by atoms with E-state index in [0.717, 1.165) is 27.4 Å². The van der Waals surface area contributed by atoms with Crippen LogP contribution in [0.1, 0.15) is 13.8 Å². The lowest BCUT2D eigenvalue weighted by Crippen LogP contribution is -2.22. The van der Waals surface area contributed by atoms with Gasteiger partial charge in [-0.2, -0.15) is 11.8 Å². The molecule has 0 aliphatic carbocycles. The Morgan fingerprint density at radius 3 is 2.82 bits per heavy atom. The quantitative estimate of drug-likeness (QED) is 0.839. The van der Waals surface area contributed by atoms with E-state index in [1.807, 2.05) is 30.0 Å². The van der Waals surface area contributed by atoms with Crippen LogP contribution >= 0.6 is 35.6 Å². The fourth-order valence-electron chi connectivity index (χ4n) is 1.73. The average Bonchev–Trinajstić information content (AvgIpc) is 2.56. The van der Waals surface area contributed by atoms with E-state index < -0.39 is 0 Å². The predicted molar refractivity (Wildman–Crippen MR) is 79.7 cm³/mol. The monoisotopic (exact) mass is 286 g/mol. The minimum atomic E-state index is 0.148. The summed E-state index contributed by atoms with van der Waals surface area (Å²) in [7, 11) is 0. The molecule has 1 heterocycles. The fraction of sp³-hybridized carbons (Fsp3) is 0.417. The third kappa shape index (κ3) is 2.69. The molecule has 0 saturated heterocycles. The van der Waals surface area contributed by atoms with Crippen molar-refractivity contribution in [2.75, 3.05) is 6.26 Å². The molecule has 0 aliphatic rings. The van der Waals surface area contributed by atoms with E-state index >= 15 is 0 Å². The summed E-state index contributed by atoms with van der Waals surface area (Å²) in [6, 6.07) is 5.80. The van der Waals surface area contributed by atoms with Gasteiger partial charge in [-0.15, -0.1) is 0 Å². The number of hydrogen-bond acceptors (Lipinski definition) is 2. The molecule has 2 rings (SSSR count). The van der Waals surface area contributed by atoms with Crippen molar-refractivity contribution in [2.24, 2.45) is 0 Å². The molecule has 0 fully saturated rings. The summed E-state index contributed by atoms with van der Waals surface area (Å²) in [6.45, 7) is 5.29. The molecule has 0 bridgehead atoms. The second-order valence-electron chi connectivity index (χ2n) is 4.64. The number of imidazole rings is 1. The van der Waals surface area contributed by atoms with Gasteiger partial charge in [0.25, 0.3) is 0 Å². The van der Waals surface area contributed by atoms with Gasteiger partial charge in [0.15, 0.2) is 4.77 Å². The minimum absolute atomic E-state index is 0.148. The molecule has 0 amide bonds. The molecule has 92 valence electrons. The van der Waals surface area contributed by atoms with Crippen LogP contribution in [0.25, 0.3) is 11.0 Å². The lowest BCUT2D eigenvalue weighted by molar-refractivity contribution is 0.575. The maximum atomic E-state index is 6.04. The first-order valence-corrected chi connectivity index (χ1v) is 7.37. The third-order valence-corrected chi connectivity index (χ3v) is 4.62. The van der Waals surface area contributed by atoms with E-state index in [9.17, 15) is 0 Å². The zero-order chi connectivity index (χ0) is 12.6. The second-order valence-corrected chi connectivity index (χ2v) is 6.98. The molecule has 0 aliphatic heterocycles. The Labute approximate surface area is 115 Å². The van der Waals surface area contributed by atoms with Gasteiger partial charge in [0.1, 0.15) is 0 Å². The Bertz CT molecular complexity index is 598. The normalized spacial score (nSPS) is 12.2. The Hall–Kier alpha value is -0.450. The molecule has 17 heavy (non-hydrogen) atoms. The lowest BCUT2D eigenvalue weighted by Gasteiger charge is -2.22. The number of halogens is 1. The molecule has 2 aromatic rings. The smallest absolute Gasteiger partial charge is 0.178 e. The third-order valence-electron chi connectivity index (χ3n) is 2.83. The molecular weight excluding hydrogens is 272 g/mol. The summed E-state index contributed by atoms with van der Waals surface area (Å²) in [6.07, 6.45) is 2.12. The van der Waals surface area contributed by atoms with Crippen molar-refractivity contribution in [1.82, 2.24) is 9.55 Å². The SMILES string of the molecule is CSC(C)(C)Cn1c(=S)[nH]c2ccc(Cl)cc21. The number of thioether (sulfide) groups is 1. The molecule has 1 aromatic carbocycles. The molecule has 0 unspecified atom stereocenters. The molecule has 1 aromatic heterocycles. The Morgan fingerprint density at radius 1 is 1.47 bits per heavy atom. The molecule has 0 spiro atoms. The van der Waals surface area contributed by atoms with Gasteiger partial charge in [0.05, 0.1) is 11.0 Å². The maximum absolute atomic E-state index is 6.04. The van der Waals surface area contributed by atoms with E-state index in [-0.39, 0.29) is 4.75 Å². The van der Waals surface area contributed by atoms with Gasteiger partial charge in [0.2, 0.25) is 0 Å². The number of fused-ring (bicyclic) bond motifs is 1. The molecule has 0 radical (unpaired) electrons. The van der Waals surface area contributed by atoms with Crippen molar-refractivity contribution in [3.05, 3.63) is 28.0 Å². The first kappa shape index (κ1) is 13.0. The highest BCUT2D eigenvalue weighted by Gasteiger charge is 2.18. The highest BCUT2D eigenvalue weighted by atomic mass is 35.5. The van der Waals surface area contributed by atoms with Crippen LogP contribution in [0.15, 0.2) is 18.2 Å². The molecule has 2 nitrogen and oxygen atoms in total. The minimum Gasteiger partial charge on any atom is -0.331 e. The van der Waals surface area contributed by atoms with E-state index in [0.29, 0.717) is 0 Å². The molecule has 1 N–H and O–H groups in total. The topological polar surface area (TPSA) is 20.7 Å². The van der Waals surface area contributed by atoms with Gasteiger partial charge in [-0.05, 0) is 50.5 Å². The highest BCUT2D eigenvalue weighted by Crippen LogP contribution is 2.27. The number of aromatic amines is 1. The van der Waals surface area contributed by atoms with Gasteiger partial charge in [0, 0.05) is 16.3 Å². The van der Waals surface area contributed by atoms with E-state index in [1.54, 1.807) is 0 Å². The second kappa shape index (κ2) is 4.67. The van der Waals surface area contributed by atoms with Crippen molar-refractivity contribution in [3.8, 4) is 0 Å². The van der Waals surface area contributed by atoms with Crippen LogP contribution in [0.5, 0.6) is 0 Å². The van der Waals surface area contributed by atoms with Crippen LogP contribution in [0.3, 0.4) is 0 Å². The Kier molecular flexibility index (Phi) is 3.57.